The normalized spacial score (nSPS) is 9.75. The maximum absolute atomic E-state index is 10.1. The first-order chi connectivity index (χ1) is 3.83. The molecular weight excluding hydrogens is 122 g/mol. The van der Waals surface area contributed by atoms with Crippen molar-refractivity contribution in [1.82, 2.24) is 4.98 Å². The lowest BCUT2D eigenvalue weighted by Gasteiger charge is -1.76. The Hall–Kier alpha value is -0.410. The van der Waals surface area contributed by atoms with Crippen LogP contribution in [0, 0.1) is 6.92 Å². The molecule has 0 saturated carbocycles. The van der Waals surface area contributed by atoms with Gasteiger partial charge in [-0.25, -0.2) is 10.1 Å². The van der Waals surface area contributed by atoms with Gasteiger partial charge in [-0.05, 0) is 6.92 Å². The molecule has 2 nitrogen and oxygen atoms in total. The second-order valence-electron chi connectivity index (χ2n) is 1.53. The van der Waals surface area contributed by atoms with Crippen LogP contribution in [0.25, 0.3) is 0 Å². The fourth-order valence-electron chi connectivity index (χ4n) is 0.469. The zero-order valence-electron chi connectivity index (χ0n) is 4.55. The minimum atomic E-state index is -0.182. The Morgan fingerprint density at radius 3 is 2.88 bits per heavy atom. The molecule has 3 heteroatoms. The van der Waals surface area contributed by atoms with Crippen molar-refractivity contribution in [1.29, 1.82) is 0 Å². The molecule has 43 valence electrons. The van der Waals surface area contributed by atoms with E-state index in [1.165, 1.54) is 11.3 Å². The summed E-state index contributed by atoms with van der Waals surface area (Å²) in [6.45, 7) is 1.70. The van der Waals surface area contributed by atoms with Crippen LogP contribution in [0.4, 0.5) is 0 Å². The summed E-state index contributed by atoms with van der Waals surface area (Å²) in [6, 6.07) is 0. The summed E-state index contributed by atoms with van der Waals surface area (Å²) in [4.78, 5) is 3.94. The van der Waals surface area contributed by atoms with Crippen molar-refractivity contribution in [2.45, 2.75) is 13.5 Å². The summed E-state index contributed by atoms with van der Waals surface area (Å²) in [6.07, 6.45) is 0. The minimum absolute atomic E-state index is 0.182. The fraction of sp³-hybridized carbons (Fsp3) is 0.400. The van der Waals surface area contributed by atoms with Gasteiger partial charge in [0.2, 0.25) is 0 Å². The first kappa shape index (κ1) is 5.72. The van der Waals surface area contributed by atoms with Gasteiger partial charge in [0.05, 0.1) is 0 Å². The molecule has 0 saturated heterocycles. The quantitative estimate of drug-likeness (QED) is 0.562. The number of aromatic nitrogens is 1. The highest BCUT2D eigenvalue weighted by atomic mass is 32.1. The summed E-state index contributed by atoms with van der Waals surface area (Å²) in [5, 5.41) is 12.7. The van der Waals surface area contributed by atoms with Gasteiger partial charge in [0.1, 0.15) is 11.6 Å². The third-order valence-electron chi connectivity index (χ3n) is 0.790. The Morgan fingerprint density at radius 1 is 1.88 bits per heavy atom. The van der Waals surface area contributed by atoms with Crippen LogP contribution in [0.15, 0.2) is 5.38 Å². The number of rotatable bonds is 1. The SMILES string of the molecule is Cc1csc(C[O])n1. The van der Waals surface area contributed by atoms with E-state index in [0.717, 1.165) is 5.69 Å². The van der Waals surface area contributed by atoms with Crippen molar-refractivity contribution in [3.05, 3.63) is 16.1 Å². The van der Waals surface area contributed by atoms with Crippen LogP contribution in [0.1, 0.15) is 10.7 Å². The highest BCUT2D eigenvalue weighted by Crippen LogP contribution is 2.07. The van der Waals surface area contributed by atoms with Gasteiger partial charge < -0.3 is 0 Å². The van der Waals surface area contributed by atoms with E-state index in [2.05, 4.69) is 4.98 Å². The van der Waals surface area contributed by atoms with Crippen LogP contribution in [0.5, 0.6) is 0 Å². The molecule has 1 heterocycles. The standard InChI is InChI=1S/C5H6NOS/c1-4-3-8-5(2-7)6-4/h3H,2H2,1H3. The van der Waals surface area contributed by atoms with Gasteiger partial charge in [0.15, 0.2) is 0 Å². The van der Waals surface area contributed by atoms with Crippen molar-refractivity contribution < 1.29 is 5.11 Å². The molecule has 0 fully saturated rings. The van der Waals surface area contributed by atoms with Gasteiger partial charge in [-0.1, -0.05) is 0 Å². The number of hydrogen-bond acceptors (Lipinski definition) is 2. The predicted molar refractivity (Wildman–Crippen MR) is 31.2 cm³/mol. The van der Waals surface area contributed by atoms with Crippen molar-refractivity contribution >= 4 is 11.3 Å². The second-order valence-corrected chi connectivity index (χ2v) is 2.47. The highest BCUT2D eigenvalue weighted by molar-refractivity contribution is 7.09. The monoisotopic (exact) mass is 128 g/mol. The molecule has 0 N–H and O–H groups in total. The van der Waals surface area contributed by atoms with E-state index in [-0.39, 0.29) is 6.61 Å². The molecule has 0 aliphatic carbocycles. The summed E-state index contributed by atoms with van der Waals surface area (Å²) in [5.74, 6) is 0. The molecule has 8 heavy (non-hydrogen) atoms. The van der Waals surface area contributed by atoms with Crippen molar-refractivity contribution in [3.8, 4) is 0 Å². The molecular formula is C5H6NOS. The van der Waals surface area contributed by atoms with E-state index >= 15 is 0 Å². The first-order valence-electron chi connectivity index (χ1n) is 2.32. The Labute approximate surface area is 51.8 Å². The molecule has 0 spiro atoms. The third kappa shape index (κ3) is 1.05. The lowest BCUT2D eigenvalue weighted by atomic mass is 10.6. The summed E-state index contributed by atoms with van der Waals surface area (Å²) < 4.78 is 0. The van der Waals surface area contributed by atoms with E-state index in [4.69, 9.17) is 0 Å². The van der Waals surface area contributed by atoms with E-state index in [9.17, 15) is 5.11 Å². The smallest absolute Gasteiger partial charge is 0.134 e. The van der Waals surface area contributed by atoms with Crippen molar-refractivity contribution in [2.75, 3.05) is 0 Å². The minimum Gasteiger partial charge on any atom is -0.244 e. The number of nitrogens with zero attached hydrogens (tertiary/aromatic N) is 1. The topological polar surface area (TPSA) is 32.8 Å². The van der Waals surface area contributed by atoms with Gasteiger partial charge in [-0.15, -0.1) is 11.3 Å². The van der Waals surface area contributed by atoms with Crippen LogP contribution in [0.3, 0.4) is 0 Å². The van der Waals surface area contributed by atoms with E-state index in [0.29, 0.717) is 5.01 Å². The zero-order chi connectivity index (χ0) is 5.98. The molecule has 1 rings (SSSR count). The summed E-state index contributed by atoms with van der Waals surface area (Å²) >= 11 is 1.43. The second kappa shape index (κ2) is 2.24. The molecule has 0 atom stereocenters. The van der Waals surface area contributed by atoms with Crippen LogP contribution >= 0.6 is 11.3 Å². The van der Waals surface area contributed by atoms with Gasteiger partial charge in [0, 0.05) is 11.1 Å². The number of thiazole rings is 1. The van der Waals surface area contributed by atoms with Gasteiger partial charge in [-0.3, -0.25) is 0 Å². The molecule has 0 aliphatic heterocycles. The molecule has 0 amide bonds. The maximum atomic E-state index is 10.1. The van der Waals surface area contributed by atoms with Crippen molar-refractivity contribution in [2.24, 2.45) is 0 Å². The number of hydrogen-bond donors (Lipinski definition) is 0. The maximum Gasteiger partial charge on any atom is 0.134 e. The highest BCUT2D eigenvalue weighted by Gasteiger charge is 1.93. The van der Waals surface area contributed by atoms with E-state index in [1.807, 2.05) is 12.3 Å². The predicted octanol–water partition coefficient (Wildman–Crippen LogP) is 1.38. The molecule has 0 unspecified atom stereocenters. The molecule has 0 bridgehead atoms. The largest absolute Gasteiger partial charge is 0.244 e. The first-order valence-corrected chi connectivity index (χ1v) is 3.20. The lowest BCUT2D eigenvalue weighted by molar-refractivity contribution is 0.177. The third-order valence-corrected chi connectivity index (χ3v) is 1.73. The Bertz CT molecular complexity index is 173. The fourth-order valence-corrected chi connectivity index (χ4v) is 1.09. The summed E-state index contributed by atoms with van der Waals surface area (Å²) in [5.41, 5.74) is 0.945. The molecule has 0 aliphatic rings. The molecule has 1 aromatic heterocycles. The van der Waals surface area contributed by atoms with E-state index in [1.54, 1.807) is 0 Å². The number of aryl methyl sites for hydroxylation is 1. The van der Waals surface area contributed by atoms with Crippen LogP contribution in [-0.4, -0.2) is 4.98 Å². The van der Waals surface area contributed by atoms with Gasteiger partial charge in [0.25, 0.3) is 0 Å². The molecule has 1 radical (unpaired) electrons. The average Bonchev–Trinajstić information content (AvgIpc) is 2.14. The molecule has 0 aromatic carbocycles. The Morgan fingerprint density at radius 2 is 2.62 bits per heavy atom. The van der Waals surface area contributed by atoms with E-state index < -0.39 is 0 Å². The van der Waals surface area contributed by atoms with Crippen LogP contribution in [0.2, 0.25) is 0 Å². The van der Waals surface area contributed by atoms with Crippen LogP contribution in [-0.2, 0) is 11.7 Å². The summed E-state index contributed by atoms with van der Waals surface area (Å²) in [7, 11) is 0. The van der Waals surface area contributed by atoms with Crippen LogP contribution < -0.4 is 0 Å². The average molecular weight is 128 g/mol. The molecule has 1 aromatic rings. The van der Waals surface area contributed by atoms with Gasteiger partial charge >= 0.3 is 0 Å². The Kier molecular flexibility index (Phi) is 1.60. The van der Waals surface area contributed by atoms with Crippen molar-refractivity contribution in [3.63, 3.8) is 0 Å². The Balaban J connectivity index is 2.84. The lowest BCUT2D eigenvalue weighted by Crippen LogP contribution is -1.77. The zero-order valence-corrected chi connectivity index (χ0v) is 5.36. The van der Waals surface area contributed by atoms with Gasteiger partial charge in [-0.2, -0.15) is 0 Å².